The minimum absolute atomic E-state index is 0.416. The van der Waals surface area contributed by atoms with Gasteiger partial charge in [0.2, 0.25) is 0 Å². The third-order valence-corrected chi connectivity index (χ3v) is 1.56. The van der Waals surface area contributed by atoms with E-state index >= 15 is 0 Å². The van der Waals surface area contributed by atoms with Crippen molar-refractivity contribution in [2.75, 3.05) is 13.6 Å². The van der Waals surface area contributed by atoms with Crippen LogP contribution in [0.4, 0.5) is 8.78 Å². The van der Waals surface area contributed by atoms with E-state index in [0.717, 1.165) is 4.57 Å². The van der Waals surface area contributed by atoms with Crippen LogP contribution in [0, 0.1) is 0 Å². The molecule has 0 bridgehead atoms. The number of alkyl halides is 2. The number of likely N-dealkylation sites (N-methyl/N-ethyl adjacent to an activating group) is 1. The molecule has 0 aliphatic carbocycles. The largest absolute Gasteiger partial charge is 0.319 e. The van der Waals surface area contributed by atoms with Gasteiger partial charge in [-0.3, -0.25) is 4.57 Å². The van der Waals surface area contributed by atoms with E-state index in [1.54, 1.807) is 7.05 Å². The topological polar surface area (TPSA) is 29.9 Å². The maximum absolute atomic E-state index is 12.2. The summed E-state index contributed by atoms with van der Waals surface area (Å²) in [6, 6.07) is 0. The summed E-state index contributed by atoms with van der Waals surface area (Å²) < 4.78 is 25.3. The summed E-state index contributed by atoms with van der Waals surface area (Å²) in [5, 5.41) is 2.87. The predicted octanol–water partition coefficient (Wildman–Crippen LogP) is 1.04. The normalized spacial score (nSPS) is 11.0. The standard InChI is InChI=1S/C7H11F2N3/c1-10-3-2-6-11-4-5-12(6)7(8)9/h4-5,7,10H,2-3H2,1H3. The third kappa shape index (κ3) is 2.01. The van der Waals surface area contributed by atoms with Crippen LogP contribution in [-0.4, -0.2) is 23.1 Å². The van der Waals surface area contributed by atoms with Crippen molar-refractivity contribution in [3.63, 3.8) is 0 Å². The maximum Gasteiger partial charge on any atom is 0.319 e. The van der Waals surface area contributed by atoms with Crippen LogP contribution >= 0.6 is 0 Å². The quantitative estimate of drug-likeness (QED) is 0.741. The van der Waals surface area contributed by atoms with E-state index in [2.05, 4.69) is 10.3 Å². The minimum atomic E-state index is -2.49. The van der Waals surface area contributed by atoms with E-state index in [1.165, 1.54) is 12.4 Å². The second-order valence-corrected chi connectivity index (χ2v) is 2.38. The Morgan fingerprint density at radius 1 is 1.67 bits per heavy atom. The first-order chi connectivity index (χ1) is 5.75. The fourth-order valence-electron chi connectivity index (χ4n) is 0.952. The van der Waals surface area contributed by atoms with Gasteiger partial charge < -0.3 is 5.32 Å². The molecule has 0 aliphatic rings. The second-order valence-electron chi connectivity index (χ2n) is 2.38. The number of hydrogen-bond donors (Lipinski definition) is 1. The van der Waals surface area contributed by atoms with Crippen molar-refractivity contribution in [2.45, 2.75) is 13.0 Å². The van der Waals surface area contributed by atoms with Crippen molar-refractivity contribution in [1.29, 1.82) is 0 Å². The molecule has 1 N–H and O–H groups in total. The lowest BCUT2D eigenvalue weighted by Gasteiger charge is -2.04. The summed E-state index contributed by atoms with van der Waals surface area (Å²) in [5.41, 5.74) is 0. The number of hydrogen-bond acceptors (Lipinski definition) is 2. The molecule has 0 spiro atoms. The van der Waals surface area contributed by atoms with E-state index in [0.29, 0.717) is 18.8 Å². The molecule has 0 radical (unpaired) electrons. The molecule has 1 heterocycles. The highest BCUT2D eigenvalue weighted by Crippen LogP contribution is 2.12. The van der Waals surface area contributed by atoms with Crippen LogP contribution in [0.2, 0.25) is 0 Å². The molecule has 0 amide bonds. The average molecular weight is 175 g/mol. The number of imidazole rings is 1. The van der Waals surface area contributed by atoms with Gasteiger partial charge >= 0.3 is 6.55 Å². The van der Waals surface area contributed by atoms with E-state index < -0.39 is 6.55 Å². The Labute approximate surface area is 69.4 Å². The average Bonchev–Trinajstić information content (AvgIpc) is 2.48. The van der Waals surface area contributed by atoms with Crippen LogP contribution in [0.25, 0.3) is 0 Å². The number of aromatic nitrogens is 2. The van der Waals surface area contributed by atoms with Crippen LogP contribution in [0.15, 0.2) is 12.4 Å². The minimum Gasteiger partial charge on any atom is -0.319 e. The van der Waals surface area contributed by atoms with Crippen LogP contribution in [-0.2, 0) is 6.42 Å². The van der Waals surface area contributed by atoms with Crippen molar-refractivity contribution in [3.05, 3.63) is 18.2 Å². The fraction of sp³-hybridized carbons (Fsp3) is 0.571. The van der Waals surface area contributed by atoms with Gasteiger partial charge in [-0.15, -0.1) is 0 Å². The van der Waals surface area contributed by atoms with Crippen molar-refractivity contribution in [2.24, 2.45) is 0 Å². The van der Waals surface area contributed by atoms with Crippen molar-refractivity contribution in [1.82, 2.24) is 14.9 Å². The van der Waals surface area contributed by atoms with Crippen LogP contribution in [0.1, 0.15) is 12.4 Å². The Kier molecular flexibility index (Phi) is 3.16. The number of nitrogens with zero attached hydrogens (tertiary/aromatic N) is 2. The van der Waals surface area contributed by atoms with Gasteiger partial charge in [0.1, 0.15) is 5.82 Å². The van der Waals surface area contributed by atoms with Gasteiger partial charge in [-0.1, -0.05) is 0 Å². The van der Waals surface area contributed by atoms with Gasteiger partial charge in [0, 0.05) is 25.4 Å². The van der Waals surface area contributed by atoms with Gasteiger partial charge in [0.15, 0.2) is 0 Å². The molecule has 0 saturated heterocycles. The molecule has 1 rings (SSSR count). The Hall–Kier alpha value is -0.970. The molecule has 0 aromatic carbocycles. The molecule has 5 heteroatoms. The highest BCUT2D eigenvalue weighted by molar-refractivity contribution is 4.93. The Morgan fingerprint density at radius 3 is 3.00 bits per heavy atom. The van der Waals surface area contributed by atoms with E-state index in [4.69, 9.17) is 0 Å². The summed E-state index contributed by atoms with van der Waals surface area (Å²) in [7, 11) is 1.77. The van der Waals surface area contributed by atoms with Crippen molar-refractivity contribution >= 4 is 0 Å². The van der Waals surface area contributed by atoms with E-state index in [9.17, 15) is 8.78 Å². The summed E-state index contributed by atoms with van der Waals surface area (Å²) >= 11 is 0. The zero-order chi connectivity index (χ0) is 8.97. The van der Waals surface area contributed by atoms with E-state index in [1.807, 2.05) is 0 Å². The van der Waals surface area contributed by atoms with Crippen molar-refractivity contribution < 1.29 is 8.78 Å². The smallest absolute Gasteiger partial charge is 0.319 e. The molecule has 0 saturated carbocycles. The zero-order valence-electron chi connectivity index (χ0n) is 6.80. The Balaban J connectivity index is 2.64. The molecule has 12 heavy (non-hydrogen) atoms. The summed E-state index contributed by atoms with van der Waals surface area (Å²) in [6.45, 7) is -1.83. The van der Waals surface area contributed by atoms with Gasteiger partial charge in [-0.05, 0) is 7.05 Å². The van der Waals surface area contributed by atoms with Gasteiger partial charge in [-0.2, -0.15) is 8.78 Å². The summed E-state index contributed by atoms with van der Waals surface area (Å²) in [6.07, 6.45) is 3.20. The van der Waals surface area contributed by atoms with Gasteiger partial charge in [-0.25, -0.2) is 4.98 Å². The Morgan fingerprint density at radius 2 is 2.42 bits per heavy atom. The predicted molar refractivity (Wildman–Crippen MR) is 41.1 cm³/mol. The molecule has 0 unspecified atom stereocenters. The molecule has 0 atom stereocenters. The number of rotatable bonds is 4. The van der Waals surface area contributed by atoms with Gasteiger partial charge in [0.05, 0.1) is 0 Å². The number of nitrogens with one attached hydrogen (secondary N) is 1. The first-order valence-electron chi connectivity index (χ1n) is 3.70. The Bertz CT molecular complexity index is 234. The highest BCUT2D eigenvalue weighted by Gasteiger charge is 2.09. The molecular weight excluding hydrogens is 164 g/mol. The molecule has 68 valence electrons. The fourth-order valence-corrected chi connectivity index (χ4v) is 0.952. The van der Waals surface area contributed by atoms with Gasteiger partial charge in [0.25, 0.3) is 0 Å². The molecule has 1 aromatic heterocycles. The van der Waals surface area contributed by atoms with E-state index in [-0.39, 0.29) is 0 Å². The van der Waals surface area contributed by atoms with Crippen LogP contribution in [0.5, 0.6) is 0 Å². The monoisotopic (exact) mass is 175 g/mol. The summed E-state index contributed by atoms with van der Waals surface area (Å²) in [4.78, 5) is 3.82. The molecular formula is C7H11F2N3. The number of halogens is 2. The lowest BCUT2D eigenvalue weighted by atomic mass is 10.4. The summed E-state index contributed by atoms with van der Waals surface area (Å²) in [5.74, 6) is 0.416. The zero-order valence-corrected chi connectivity index (χ0v) is 6.80. The molecule has 3 nitrogen and oxygen atoms in total. The first-order valence-corrected chi connectivity index (χ1v) is 3.70. The molecule has 1 aromatic rings. The van der Waals surface area contributed by atoms with Crippen LogP contribution in [0.3, 0.4) is 0 Å². The van der Waals surface area contributed by atoms with Crippen molar-refractivity contribution in [3.8, 4) is 0 Å². The highest BCUT2D eigenvalue weighted by atomic mass is 19.3. The lowest BCUT2D eigenvalue weighted by Crippen LogP contribution is -2.14. The molecule has 0 aliphatic heterocycles. The SMILES string of the molecule is CNCCc1nccn1C(F)F. The lowest BCUT2D eigenvalue weighted by molar-refractivity contribution is 0.0670. The van der Waals surface area contributed by atoms with Crippen LogP contribution < -0.4 is 5.32 Å². The third-order valence-electron chi connectivity index (χ3n) is 1.56. The molecule has 0 fully saturated rings. The first kappa shape index (κ1) is 9.12. The maximum atomic E-state index is 12.2. The second kappa shape index (κ2) is 4.15.